The van der Waals surface area contributed by atoms with E-state index in [0.717, 1.165) is 0 Å². The minimum Gasteiger partial charge on any atom is -0.768 e. The van der Waals surface area contributed by atoms with Crippen molar-refractivity contribution in [2.24, 2.45) is 5.41 Å². The summed E-state index contributed by atoms with van der Waals surface area (Å²) >= 11 is -2.80. The Morgan fingerprint density at radius 2 is 1.34 bits per heavy atom. The lowest BCUT2D eigenvalue weighted by Gasteiger charge is -2.21. The Bertz CT molecular complexity index is 1710. The summed E-state index contributed by atoms with van der Waals surface area (Å²) in [5.74, 6) is -0.273. The van der Waals surface area contributed by atoms with Crippen LogP contribution in [0, 0.1) is 5.41 Å². The van der Waals surface area contributed by atoms with E-state index in [-0.39, 0.29) is 55.4 Å². The molecule has 0 radical (unpaired) electrons. The second kappa shape index (κ2) is 8.18. The number of Topliss-reactive ketones (excluding diaryl/α,β-unsaturated/α-hetero) is 1. The highest BCUT2D eigenvalue weighted by Crippen LogP contribution is 2.44. The lowest BCUT2D eigenvalue weighted by molar-refractivity contribution is -0.128. The third-order valence-corrected chi connectivity index (χ3v) is 8.16. The molecule has 10 nitrogen and oxygen atoms in total. The Kier molecular flexibility index (Phi) is 5.94. The lowest BCUT2D eigenvalue weighted by atomic mass is 9.91. The van der Waals surface area contributed by atoms with Gasteiger partial charge in [0.15, 0.2) is 5.78 Å². The molecule has 0 aliphatic heterocycles. The van der Waals surface area contributed by atoms with E-state index in [0.29, 0.717) is 6.07 Å². The van der Waals surface area contributed by atoms with Gasteiger partial charge in [0.1, 0.15) is 22.1 Å². The summed E-state index contributed by atoms with van der Waals surface area (Å²) in [7, 11) is -9.92. The molecule has 0 saturated heterocycles. The molecule has 0 aliphatic rings. The highest BCUT2D eigenvalue weighted by molar-refractivity contribution is 7.87. The molecule has 0 bridgehead atoms. The summed E-state index contributed by atoms with van der Waals surface area (Å²) in [6.45, 7) is 4.68. The second-order valence-corrected chi connectivity index (χ2v) is 12.7. The zero-order chi connectivity index (χ0) is 26.1. The first-order valence-electron chi connectivity index (χ1n) is 10.0. The molecule has 1 atom stereocenters. The molecule has 35 heavy (non-hydrogen) atoms. The van der Waals surface area contributed by atoms with Gasteiger partial charge in [-0.3, -0.25) is 18.1 Å². The van der Waals surface area contributed by atoms with Crippen LogP contribution in [0.2, 0.25) is 0 Å². The van der Waals surface area contributed by atoms with E-state index in [4.69, 9.17) is 4.74 Å². The molecule has 4 rings (SSSR count). The van der Waals surface area contributed by atoms with Gasteiger partial charge in [-0.1, -0.05) is 39.0 Å². The Morgan fingerprint density at radius 1 is 0.886 bits per heavy atom. The minimum atomic E-state index is -4.96. The Morgan fingerprint density at radius 3 is 1.80 bits per heavy atom. The predicted octanol–water partition coefficient (Wildman–Crippen LogP) is 3.31. The molecule has 1 unspecified atom stereocenters. The summed E-state index contributed by atoms with van der Waals surface area (Å²) in [5.41, 5.74) is -0.733. The normalized spacial score (nSPS) is 14.1. The van der Waals surface area contributed by atoms with Gasteiger partial charge in [0.05, 0.1) is 0 Å². The van der Waals surface area contributed by atoms with Crippen molar-refractivity contribution in [2.45, 2.75) is 35.5 Å². The molecule has 0 amide bonds. The van der Waals surface area contributed by atoms with Gasteiger partial charge in [-0.05, 0) is 34.7 Å². The fraction of sp³-hybridized carbons (Fsp3) is 0.227. The Labute approximate surface area is 203 Å². The van der Waals surface area contributed by atoms with Crippen LogP contribution in [0.3, 0.4) is 0 Å². The van der Waals surface area contributed by atoms with Crippen LogP contribution in [0.1, 0.15) is 20.8 Å². The van der Waals surface area contributed by atoms with Gasteiger partial charge in [0.2, 0.25) is 0 Å². The summed E-state index contributed by atoms with van der Waals surface area (Å²) in [4.78, 5) is 10.6. The Hall–Kier alpha value is -2.68. The molecular weight excluding hydrogens is 520 g/mol. The SMILES string of the molecule is CC(C)(C)C(=O)COc1cc(S(=O)[O-])c2ccc3c(S(=O)(=O)O)cc(S(=O)(=O)O)c4ccc1c2c43. The van der Waals surface area contributed by atoms with E-state index >= 15 is 0 Å². The highest BCUT2D eigenvalue weighted by atomic mass is 32.2. The van der Waals surface area contributed by atoms with E-state index in [2.05, 4.69) is 0 Å². The first-order chi connectivity index (χ1) is 16.0. The third kappa shape index (κ3) is 4.39. The first-order valence-corrected chi connectivity index (χ1v) is 14.0. The average molecular weight is 540 g/mol. The maximum atomic E-state index is 12.4. The number of carbonyl (C=O) groups excluding carboxylic acids is 1. The monoisotopic (exact) mass is 539 g/mol. The van der Waals surface area contributed by atoms with Crippen molar-refractivity contribution in [2.75, 3.05) is 6.61 Å². The molecule has 0 heterocycles. The molecule has 4 aromatic rings. The zero-order valence-electron chi connectivity index (χ0n) is 18.6. The maximum absolute atomic E-state index is 12.4. The Balaban J connectivity index is 2.20. The number of rotatable bonds is 6. The molecule has 186 valence electrons. The summed E-state index contributed by atoms with van der Waals surface area (Å²) in [6, 6.07) is 7.13. The predicted molar refractivity (Wildman–Crippen MR) is 127 cm³/mol. The number of hydrogen-bond donors (Lipinski definition) is 2. The standard InChI is InChI=1S/C22H20O10S3/c1-22(2,3)19(23)10-32-15-8-16(33(24)25)12-5-7-14-18(35(29,30)31)9-17(34(26,27)28)13-6-4-11(15)20(12)21(13)14/h4-9H,10H2,1-3H3,(H,24,25)(H,26,27,28)(H,29,30,31)/p-1. The van der Waals surface area contributed by atoms with Crippen LogP contribution in [0.15, 0.2) is 51.1 Å². The largest absolute Gasteiger partial charge is 0.768 e. The van der Waals surface area contributed by atoms with Gasteiger partial charge in [0.25, 0.3) is 20.2 Å². The van der Waals surface area contributed by atoms with E-state index in [1.54, 1.807) is 20.8 Å². The summed E-state index contributed by atoms with van der Waals surface area (Å²) in [6.07, 6.45) is 0. The smallest absolute Gasteiger partial charge is 0.295 e. The summed E-state index contributed by atoms with van der Waals surface area (Å²) in [5, 5.41) is 0.284. The molecule has 2 N–H and O–H groups in total. The molecule has 0 aromatic heterocycles. The van der Waals surface area contributed by atoms with Gasteiger partial charge in [0, 0.05) is 37.2 Å². The summed E-state index contributed by atoms with van der Waals surface area (Å²) < 4.78 is 97.7. The van der Waals surface area contributed by atoms with Gasteiger partial charge in [-0.2, -0.15) is 16.8 Å². The van der Waals surface area contributed by atoms with Crippen LogP contribution < -0.4 is 4.74 Å². The average Bonchev–Trinajstić information content (AvgIpc) is 2.72. The number of carbonyl (C=O) groups is 1. The molecule has 13 heteroatoms. The van der Waals surface area contributed by atoms with Gasteiger partial charge in [-0.15, -0.1) is 0 Å². The van der Waals surface area contributed by atoms with Crippen molar-refractivity contribution < 1.29 is 44.2 Å². The van der Waals surface area contributed by atoms with Crippen LogP contribution in [-0.4, -0.2) is 47.1 Å². The number of benzene rings is 4. The van der Waals surface area contributed by atoms with Gasteiger partial charge >= 0.3 is 0 Å². The van der Waals surface area contributed by atoms with E-state index in [1.165, 1.54) is 30.3 Å². The molecule has 0 aliphatic carbocycles. The molecule has 0 saturated carbocycles. The first kappa shape index (κ1) is 25.4. The van der Waals surface area contributed by atoms with Crippen molar-refractivity contribution in [3.63, 3.8) is 0 Å². The van der Waals surface area contributed by atoms with Gasteiger partial charge in [-0.25, -0.2) is 0 Å². The van der Waals surface area contributed by atoms with Crippen LogP contribution in [0.25, 0.3) is 32.3 Å². The van der Waals surface area contributed by atoms with Crippen molar-refractivity contribution in [3.8, 4) is 5.75 Å². The van der Waals surface area contributed by atoms with Crippen LogP contribution >= 0.6 is 0 Å². The molecule has 0 spiro atoms. The topological polar surface area (TPSA) is 175 Å². The maximum Gasteiger partial charge on any atom is 0.295 e. The fourth-order valence-corrected chi connectivity index (χ4v) is 5.97. The molecular formula is C22H19O10S3-. The molecule has 0 fully saturated rings. The van der Waals surface area contributed by atoms with Gasteiger partial charge < -0.3 is 9.29 Å². The quantitative estimate of drug-likeness (QED) is 0.210. The van der Waals surface area contributed by atoms with Crippen LogP contribution in [-0.2, 0) is 36.1 Å². The van der Waals surface area contributed by atoms with Crippen LogP contribution in [0.5, 0.6) is 5.75 Å². The lowest BCUT2D eigenvalue weighted by Crippen LogP contribution is -2.26. The van der Waals surface area contributed by atoms with Crippen molar-refractivity contribution in [1.82, 2.24) is 0 Å². The van der Waals surface area contributed by atoms with Crippen molar-refractivity contribution >= 4 is 69.4 Å². The minimum absolute atomic E-state index is 0.00522. The fourth-order valence-electron chi connectivity index (χ4n) is 3.91. The van der Waals surface area contributed by atoms with E-state index in [9.17, 15) is 39.5 Å². The highest BCUT2D eigenvalue weighted by Gasteiger charge is 2.27. The van der Waals surface area contributed by atoms with Crippen molar-refractivity contribution in [3.05, 3.63) is 36.4 Å². The van der Waals surface area contributed by atoms with Crippen molar-refractivity contribution in [1.29, 1.82) is 0 Å². The third-order valence-electron chi connectivity index (χ3n) is 5.68. The number of hydrogen-bond acceptors (Lipinski definition) is 8. The van der Waals surface area contributed by atoms with E-state index < -0.39 is 46.5 Å². The second-order valence-electron chi connectivity index (χ2n) is 8.96. The number of ketones is 1. The molecule has 4 aromatic carbocycles. The van der Waals surface area contributed by atoms with E-state index in [1.807, 2.05) is 0 Å². The number of ether oxygens (including phenoxy) is 1. The zero-order valence-corrected chi connectivity index (χ0v) is 21.0. The van der Waals surface area contributed by atoms with Crippen LogP contribution in [0.4, 0.5) is 0 Å².